The van der Waals surface area contributed by atoms with Crippen molar-refractivity contribution in [3.05, 3.63) is 60.1 Å². The highest BCUT2D eigenvalue weighted by Gasteiger charge is 2.10. The van der Waals surface area contributed by atoms with Gasteiger partial charge in [-0.25, -0.2) is 4.98 Å². The molecule has 2 aromatic heterocycles. The maximum atomic E-state index is 5.19. The molecule has 0 fully saturated rings. The second-order valence-electron chi connectivity index (χ2n) is 5.07. The van der Waals surface area contributed by atoms with Crippen molar-refractivity contribution < 1.29 is 4.74 Å². The van der Waals surface area contributed by atoms with Crippen LogP contribution < -0.4 is 4.74 Å². The van der Waals surface area contributed by atoms with Gasteiger partial charge in [-0.2, -0.15) is 5.10 Å². The lowest BCUT2D eigenvalue weighted by Gasteiger charge is -2.02. The Bertz CT molecular complexity index is 978. The van der Waals surface area contributed by atoms with Gasteiger partial charge in [0.05, 0.1) is 19.0 Å². The zero-order chi connectivity index (χ0) is 16.4. The van der Waals surface area contributed by atoms with Crippen LogP contribution >= 0.6 is 23.1 Å². The van der Waals surface area contributed by atoms with E-state index in [9.17, 15) is 0 Å². The molecule has 0 saturated carbocycles. The highest BCUT2D eigenvalue weighted by atomic mass is 32.2. The molecule has 0 atom stereocenters. The fraction of sp³-hybridized carbons (Fsp3) is 0.0556. The molecule has 0 saturated heterocycles. The molecule has 4 rings (SSSR count). The molecule has 0 radical (unpaired) electrons. The summed E-state index contributed by atoms with van der Waals surface area (Å²) in [6.07, 6.45) is 1.78. The molecule has 4 aromatic rings. The standard InChI is InChI=1S/C18H13N3OS2/c1-22-14-8-6-12(7-9-14)16-11-23-18(20-16)24-17-15-5-3-2-4-13(15)10-19-21-17/h2-11H,1H3. The fourth-order valence-corrected chi connectivity index (χ4v) is 4.18. The van der Waals surface area contributed by atoms with Crippen molar-refractivity contribution in [3.8, 4) is 17.0 Å². The lowest BCUT2D eigenvalue weighted by atomic mass is 10.2. The molecule has 2 heterocycles. The van der Waals surface area contributed by atoms with E-state index in [1.165, 1.54) is 0 Å². The molecule has 0 amide bonds. The Kier molecular flexibility index (Phi) is 4.15. The number of aromatic nitrogens is 3. The summed E-state index contributed by atoms with van der Waals surface area (Å²) in [6, 6.07) is 16.0. The first-order valence-electron chi connectivity index (χ1n) is 7.32. The predicted molar refractivity (Wildman–Crippen MR) is 97.8 cm³/mol. The lowest BCUT2D eigenvalue weighted by Crippen LogP contribution is -1.87. The van der Waals surface area contributed by atoms with Crippen LogP contribution in [0.5, 0.6) is 5.75 Å². The van der Waals surface area contributed by atoms with E-state index in [0.717, 1.165) is 37.1 Å². The average molecular weight is 351 g/mol. The molecule has 0 unspecified atom stereocenters. The molecule has 24 heavy (non-hydrogen) atoms. The second-order valence-corrected chi connectivity index (χ2v) is 7.16. The van der Waals surface area contributed by atoms with Gasteiger partial charge < -0.3 is 4.74 Å². The van der Waals surface area contributed by atoms with Gasteiger partial charge in [0.15, 0.2) is 4.34 Å². The zero-order valence-electron chi connectivity index (χ0n) is 12.8. The van der Waals surface area contributed by atoms with Crippen molar-refractivity contribution in [1.82, 2.24) is 15.2 Å². The third-order valence-corrected chi connectivity index (χ3v) is 5.52. The van der Waals surface area contributed by atoms with E-state index < -0.39 is 0 Å². The minimum absolute atomic E-state index is 0.842. The Balaban J connectivity index is 1.62. The summed E-state index contributed by atoms with van der Waals surface area (Å²) in [6.45, 7) is 0. The van der Waals surface area contributed by atoms with Crippen LogP contribution in [-0.4, -0.2) is 22.3 Å². The Hall–Kier alpha value is -2.44. The van der Waals surface area contributed by atoms with Gasteiger partial charge in [0, 0.05) is 21.7 Å². The number of rotatable bonds is 4. The molecular weight excluding hydrogens is 338 g/mol. The fourth-order valence-electron chi connectivity index (χ4n) is 2.36. The van der Waals surface area contributed by atoms with Gasteiger partial charge >= 0.3 is 0 Å². The van der Waals surface area contributed by atoms with E-state index in [1.54, 1.807) is 36.4 Å². The van der Waals surface area contributed by atoms with Crippen molar-refractivity contribution in [2.24, 2.45) is 0 Å². The minimum atomic E-state index is 0.842. The molecular formula is C18H13N3OS2. The Morgan fingerprint density at radius 3 is 2.71 bits per heavy atom. The lowest BCUT2D eigenvalue weighted by molar-refractivity contribution is 0.415. The van der Waals surface area contributed by atoms with Crippen LogP contribution in [-0.2, 0) is 0 Å². The van der Waals surface area contributed by atoms with Crippen molar-refractivity contribution in [3.63, 3.8) is 0 Å². The third-order valence-electron chi connectivity index (χ3n) is 3.59. The van der Waals surface area contributed by atoms with E-state index in [0.29, 0.717) is 0 Å². The number of hydrogen-bond donors (Lipinski definition) is 0. The number of ether oxygens (including phenoxy) is 1. The van der Waals surface area contributed by atoms with Crippen LogP contribution in [0.4, 0.5) is 0 Å². The highest BCUT2D eigenvalue weighted by Crippen LogP contribution is 2.35. The highest BCUT2D eigenvalue weighted by molar-refractivity contribution is 8.01. The van der Waals surface area contributed by atoms with Gasteiger partial charge in [-0.3, -0.25) is 0 Å². The van der Waals surface area contributed by atoms with Gasteiger partial charge in [0.1, 0.15) is 10.8 Å². The first-order valence-corrected chi connectivity index (χ1v) is 9.01. The molecule has 0 spiro atoms. The molecule has 4 nitrogen and oxygen atoms in total. The minimum Gasteiger partial charge on any atom is -0.497 e. The van der Waals surface area contributed by atoms with E-state index in [2.05, 4.69) is 21.6 Å². The SMILES string of the molecule is COc1ccc(-c2csc(Sc3nncc4ccccc34)n2)cc1. The van der Waals surface area contributed by atoms with E-state index in [4.69, 9.17) is 9.72 Å². The van der Waals surface area contributed by atoms with Crippen LogP contribution in [0, 0.1) is 0 Å². The van der Waals surface area contributed by atoms with E-state index in [1.807, 2.05) is 42.5 Å². The summed E-state index contributed by atoms with van der Waals surface area (Å²) in [5.41, 5.74) is 2.03. The molecule has 0 bridgehead atoms. The predicted octanol–water partition coefficient (Wildman–Crippen LogP) is 4.91. The van der Waals surface area contributed by atoms with Crippen molar-refractivity contribution in [2.45, 2.75) is 9.37 Å². The molecule has 6 heteroatoms. The first-order chi connectivity index (χ1) is 11.8. The molecule has 0 aliphatic heterocycles. The first kappa shape index (κ1) is 15.1. The van der Waals surface area contributed by atoms with Crippen LogP contribution in [0.15, 0.2) is 69.5 Å². The maximum Gasteiger partial charge on any atom is 0.156 e. The van der Waals surface area contributed by atoms with Crippen molar-refractivity contribution in [1.29, 1.82) is 0 Å². The Morgan fingerprint density at radius 2 is 1.88 bits per heavy atom. The summed E-state index contributed by atoms with van der Waals surface area (Å²) in [5.74, 6) is 0.842. The molecule has 2 aromatic carbocycles. The van der Waals surface area contributed by atoms with Crippen LogP contribution in [0.25, 0.3) is 22.0 Å². The molecule has 0 aliphatic carbocycles. The number of fused-ring (bicyclic) bond motifs is 1. The maximum absolute atomic E-state index is 5.19. The molecule has 118 valence electrons. The number of thiazole rings is 1. The van der Waals surface area contributed by atoms with Crippen molar-refractivity contribution in [2.75, 3.05) is 7.11 Å². The number of nitrogens with zero attached hydrogens (tertiary/aromatic N) is 3. The van der Waals surface area contributed by atoms with Gasteiger partial charge in [-0.1, -0.05) is 24.3 Å². The second kappa shape index (κ2) is 6.59. The largest absolute Gasteiger partial charge is 0.497 e. The monoisotopic (exact) mass is 351 g/mol. The normalized spacial score (nSPS) is 10.9. The van der Waals surface area contributed by atoms with Crippen LogP contribution in [0.1, 0.15) is 0 Å². The molecule has 0 aliphatic rings. The third kappa shape index (κ3) is 2.98. The van der Waals surface area contributed by atoms with Crippen molar-refractivity contribution >= 4 is 33.9 Å². The van der Waals surface area contributed by atoms with Crippen LogP contribution in [0.2, 0.25) is 0 Å². The average Bonchev–Trinajstić information content (AvgIpc) is 3.11. The van der Waals surface area contributed by atoms with Crippen LogP contribution in [0.3, 0.4) is 0 Å². The summed E-state index contributed by atoms with van der Waals surface area (Å²) in [5, 5.41) is 13.5. The smallest absolute Gasteiger partial charge is 0.156 e. The topological polar surface area (TPSA) is 47.9 Å². The summed E-state index contributed by atoms with van der Waals surface area (Å²) in [7, 11) is 1.66. The summed E-state index contributed by atoms with van der Waals surface area (Å²) >= 11 is 3.16. The van der Waals surface area contributed by atoms with Gasteiger partial charge in [-0.05, 0) is 36.0 Å². The zero-order valence-corrected chi connectivity index (χ0v) is 14.5. The number of methoxy groups -OCH3 is 1. The summed E-state index contributed by atoms with van der Waals surface area (Å²) in [4.78, 5) is 4.71. The van der Waals surface area contributed by atoms with E-state index in [-0.39, 0.29) is 0 Å². The van der Waals surface area contributed by atoms with Gasteiger partial charge in [0.2, 0.25) is 0 Å². The van der Waals surface area contributed by atoms with Gasteiger partial charge in [-0.15, -0.1) is 16.4 Å². The molecule has 0 N–H and O–H groups in total. The Morgan fingerprint density at radius 1 is 1.04 bits per heavy atom. The van der Waals surface area contributed by atoms with E-state index >= 15 is 0 Å². The summed E-state index contributed by atoms with van der Waals surface area (Å²) < 4.78 is 6.14. The number of benzene rings is 2. The number of hydrogen-bond acceptors (Lipinski definition) is 6. The quantitative estimate of drug-likeness (QED) is 0.523. The van der Waals surface area contributed by atoms with Gasteiger partial charge in [0.25, 0.3) is 0 Å². The Labute approximate surface area is 147 Å².